The van der Waals surface area contributed by atoms with E-state index in [1.165, 1.54) is 0 Å². The molecule has 0 radical (unpaired) electrons. The molecule has 3 rings (SSSR count). The molecule has 1 saturated heterocycles. The summed E-state index contributed by atoms with van der Waals surface area (Å²) in [7, 11) is 0. The number of nitrogens with two attached hydrogens (primary N) is 1. The summed E-state index contributed by atoms with van der Waals surface area (Å²) in [5.41, 5.74) is 6.51. The molecular weight excluding hydrogens is 274 g/mol. The molecule has 0 bridgehead atoms. The summed E-state index contributed by atoms with van der Waals surface area (Å²) in [6.07, 6.45) is 5.07. The number of rotatable bonds is 1. The van der Waals surface area contributed by atoms with E-state index in [1.54, 1.807) is 18.5 Å². The topological polar surface area (TPSA) is 59.2 Å². The number of hydrogen-bond acceptors (Lipinski definition) is 3. The van der Waals surface area contributed by atoms with Gasteiger partial charge < -0.3 is 10.6 Å². The van der Waals surface area contributed by atoms with Crippen LogP contribution in [0.1, 0.15) is 23.2 Å². The molecule has 0 aliphatic carbocycles. The van der Waals surface area contributed by atoms with Crippen LogP contribution in [0.25, 0.3) is 10.8 Å². The van der Waals surface area contributed by atoms with Crippen LogP contribution in [0.5, 0.6) is 0 Å². The lowest BCUT2D eigenvalue weighted by atomic mass is 10.0. The van der Waals surface area contributed by atoms with Crippen molar-refractivity contribution in [1.82, 2.24) is 9.88 Å². The number of likely N-dealkylation sites (tertiary alicyclic amines) is 1. The first kappa shape index (κ1) is 13.3. The van der Waals surface area contributed by atoms with Crippen molar-refractivity contribution < 1.29 is 4.79 Å². The van der Waals surface area contributed by atoms with Crippen LogP contribution in [0.4, 0.5) is 0 Å². The Morgan fingerprint density at radius 1 is 1.30 bits per heavy atom. The minimum absolute atomic E-state index is 0.0253. The molecule has 1 aliphatic rings. The SMILES string of the molecule is NC1CCN(C(=O)c2cncc3cc(Cl)ccc23)CC1. The average molecular weight is 290 g/mol. The van der Waals surface area contributed by atoms with Crippen molar-refractivity contribution in [3.05, 3.63) is 41.2 Å². The first-order chi connectivity index (χ1) is 9.65. The van der Waals surface area contributed by atoms with Crippen LogP contribution in [-0.4, -0.2) is 34.9 Å². The highest BCUT2D eigenvalue weighted by Gasteiger charge is 2.23. The first-order valence-electron chi connectivity index (χ1n) is 6.73. The predicted octanol–water partition coefficient (Wildman–Crippen LogP) is 2.45. The van der Waals surface area contributed by atoms with Gasteiger partial charge in [-0.2, -0.15) is 0 Å². The molecular formula is C15H16ClN3O. The number of hydrogen-bond donors (Lipinski definition) is 1. The molecule has 2 aromatic rings. The largest absolute Gasteiger partial charge is 0.338 e. The summed E-state index contributed by atoms with van der Waals surface area (Å²) < 4.78 is 0. The highest BCUT2D eigenvalue weighted by Crippen LogP contribution is 2.23. The maximum absolute atomic E-state index is 12.6. The van der Waals surface area contributed by atoms with Crippen LogP contribution in [-0.2, 0) is 0 Å². The Balaban J connectivity index is 1.95. The molecule has 1 fully saturated rings. The lowest BCUT2D eigenvalue weighted by Crippen LogP contribution is -2.42. The van der Waals surface area contributed by atoms with E-state index < -0.39 is 0 Å². The van der Waals surface area contributed by atoms with Gasteiger partial charge in [0.1, 0.15) is 0 Å². The van der Waals surface area contributed by atoms with Gasteiger partial charge in [-0.15, -0.1) is 0 Å². The molecule has 0 spiro atoms. The molecule has 5 heteroatoms. The molecule has 1 aromatic carbocycles. The monoisotopic (exact) mass is 289 g/mol. The Hall–Kier alpha value is -1.65. The van der Waals surface area contributed by atoms with Crippen molar-refractivity contribution in [2.45, 2.75) is 18.9 Å². The van der Waals surface area contributed by atoms with Crippen LogP contribution < -0.4 is 5.73 Å². The Bertz CT molecular complexity index is 651. The molecule has 0 unspecified atom stereocenters. The van der Waals surface area contributed by atoms with Gasteiger partial charge in [0.05, 0.1) is 5.56 Å². The number of aromatic nitrogens is 1. The van der Waals surface area contributed by atoms with E-state index in [4.69, 9.17) is 17.3 Å². The summed E-state index contributed by atoms with van der Waals surface area (Å²) >= 11 is 5.98. The van der Waals surface area contributed by atoms with Crippen LogP contribution in [0.2, 0.25) is 5.02 Å². The molecule has 1 amide bonds. The predicted molar refractivity (Wildman–Crippen MR) is 79.9 cm³/mol. The second-order valence-corrected chi connectivity index (χ2v) is 5.62. The van der Waals surface area contributed by atoms with Gasteiger partial charge in [0, 0.05) is 41.9 Å². The van der Waals surface area contributed by atoms with E-state index in [9.17, 15) is 4.79 Å². The number of nitrogens with zero attached hydrogens (tertiary/aromatic N) is 2. The molecule has 2 N–H and O–H groups in total. The van der Waals surface area contributed by atoms with E-state index in [-0.39, 0.29) is 11.9 Å². The number of halogens is 1. The van der Waals surface area contributed by atoms with Gasteiger partial charge >= 0.3 is 0 Å². The van der Waals surface area contributed by atoms with Gasteiger partial charge in [0.15, 0.2) is 0 Å². The first-order valence-corrected chi connectivity index (χ1v) is 7.11. The Morgan fingerprint density at radius 2 is 2.05 bits per heavy atom. The molecule has 1 aliphatic heterocycles. The summed E-state index contributed by atoms with van der Waals surface area (Å²) in [5, 5.41) is 2.43. The summed E-state index contributed by atoms with van der Waals surface area (Å²) in [4.78, 5) is 18.6. The Kier molecular flexibility index (Phi) is 3.59. The molecule has 2 heterocycles. The quantitative estimate of drug-likeness (QED) is 0.877. The molecule has 4 nitrogen and oxygen atoms in total. The Morgan fingerprint density at radius 3 is 2.80 bits per heavy atom. The minimum atomic E-state index is 0.0253. The Labute approximate surface area is 122 Å². The lowest BCUT2D eigenvalue weighted by molar-refractivity contribution is 0.0716. The van der Waals surface area contributed by atoms with E-state index in [2.05, 4.69) is 4.98 Å². The van der Waals surface area contributed by atoms with Gasteiger partial charge in [-0.05, 0) is 30.4 Å². The zero-order valence-corrected chi connectivity index (χ0v) is 11.8. The molecule has 104 valence electrons. The molecule has 1 aromatic heterocycles. The highest BCUT2D eigenvalue weighted by atomic mass is 35.5. The van der Waals surface area contributed by atoms with Crippen molar-refractivity contribution in [2.75, 3.05) is 13.1 Å². The molecule has 0 atom stereocenters. The number of pyridine rings is 1. The fourth-order valence-electron chi connectivity index (χ4n) is 2.59. The van der Waals surface area contributed by atoms with E-state index >= 15 is 0 Å². The average Bonchev–Trinajstić information content (AvgIpc) is 2.46. The number of fused-ring (bicyclic) bond motifs is 1. The molecule has 20 heavy (non-hydrogen) atoms. The van der Waals surface area contributed by atoms with Crippen molar-refractivity contribution in [3.8, 4) is 0 Å². The third kappa shape index (κ3) is 2.49. The number of piperidine rings is 1. The second kappa shape index (κ2) is 5.38. The second-order valence-electron chi connectivity index (χ2n) is 5.18. The van der Waals surface area contributed by atoms with Crippen molar-refractivity contribution in [2.24, 2.45) is 5.73 Å². The highest BCUT2D eigenvalue weighted by molar-refractivity contribution is 6.31. The summed E-state index contributed by atoms with van der Waals surface area (Å²) in [5.74, 6) is 0.0253. The normalized spacial score (nSPS) is 16.6. The lowest BCUT2D eigenvalue weighted by Gasteiger charge is -2.30. The third-order valence-corrected chi connectivity index (χ3v) is 4.01. The number of carbonyl (C=O) groups excluding carboxylic acids is 1. The zero-order valence-electron chi connectivity index (χ0n) is 11.1. The third-order valence-electron chi connectivity index (χ3n) is 3.78. The standard InChI is InChI=1S/C15H16ClN3O/c16-11-1-2-13-10(7-11)8-18-9-14(13)15(20)19-5-3-12(17)4-6-19/h1-2,7-9,12H,3-6,17H2. The minimum Gasteiger partial charge on any atom is -0.338 e. The van der Waals surface area contributed by atoms with Crippen LogP contribution >= 0.6 is 11.6 Å². The van der Waals surface area contributed by atoms with Crippen LogP contribution in [0.15, 0.2) is 30.6 Å². The van der Waals surface area contributed by atoms with Gasteiger partial charge in [0.25, 0.3) is 5.91 Å². The van der Waals surface area contributed by atoms with Gasteiger partial charge in [0.2, 0.25) is 0 Å². The van der Waals surface area contributed by atoms with Crippen LogP contribution in [0.3, 0.4) is 0 Å². The van der Waals surface area contributed by atoms with E-state index in [1.807, 2.05) is 17.0 Å². The summed E-state index contributed by atoms with van der Waals surface area (Å²) in [6, 6.07) is 5.71. The van der Waals surface area contributed by atoms with Crippen molar-refractivity contribution in [1.29, 1.82) is 0 Å². The van der Waals surface area contributed by atoms with Gasteiger partial charge in [-0.1, -0.05) is 17.7 Å². The van der Waals surface area contributed by atoms with Crippen molar-refractivity contribution >= 4 is 28.3 Å². The molecule has 0 saturated carbocycles. The van der Waals surface area contributed by atoms with Crippen LogP contribution in [0, 0.1) is 0 Å². The van der Waals surface area contributed by atoms with Gasteiger partial charge in [-0.3, -0.25) is 9.78 Å². The number of benzene rings is 1. The number of carbonyl (C=O) groups is 1. The van der Waals surface area contributed by atoms with Gasteiger partial charge in [-0.25, -0.2) is 0 Å². The number of amides is 1. The maximum atomic E-state index is 12.6. The fourth-order valence-corrected chi connectivity index (χ4v) is 2.77. The van der Waals surface area contributed by atoms with Crippen molar-refractivity contribution in [3.63, 3.8) is 0 Å². The van der Waals surface area contributed by atoms with E-state index in [0.29, 0.717) is 23.7 Å². The smallest absolute Gasteiger partial charge is 0.256 e. The summed E-state index contributed by atoms with van der Waals surface area (Å²) in [6.45, 7) is 1.42. The fraction of sp³-hybridized carbons (Fsp3) is 0.333. The maximum Gasteiger partial charge on any atom is 0.256 e. The zero-order chi connectivity index (χ0) is 14.1. The van der Waals surface area contributed by atoms with E-state index in [0.717, 1.165) is 23.6 Å².